The van der Waals surface area contributed by atoms with Gasteiger partial charge in [0.25, 0.3) is 5.69 Å². The van der Waals surface area contributed by atoms with E-state index in [0.717, 1.165) is 11.3 Å². The van der Waals surface area contributed by atoms with E-state index in [4.69, 9.17) is 11.6 Å². The lowest BCUT2D eigenvalue weighted by molar-refractivity contribution is -0.384. The number of nitro groups is 1. The lowest BCUT2D eigenvalue weighted by atomic mass is 10.0. The highest BCUT2D eigenvalue weighted by Gasteiger charge is 2.31. The summed E-state index contributed by atoms with van der Waals surface area (Å²) < 4.78 is 0. The van der Waals surface area contributed by atoms with Crippen molar-refractivity contribution < 1.29 is 14.8 Å². The fourth-order valence-electron chi connectivity index (χ4n) is 4.01. The Morgan fingerprint density at radius 1 is 1.00 bits per heavy atom. The molecule has 4 rings (SSSR count). The zero-order chi connectivity index (χ0) is 23.4. The van der Waals surface area contributed by atoms with Crippen LogP contribution in [0, 0.1) is 10.1 Å². The Kier molecular flexibility index (Phi) is 6.76. The molecule has 33 heavy (non-hydrogen) atoms. The predicted octanol–water partition coefficient (Wildman–Crippen LogP) is 4.46. The number of hydrogen-bond donors (Lipinski definition) is 2. The van der Waals surface area contributed by atoms with Crippen LogP contribution < -0.4 is 10.2 Å². The zero-order valence-corrected chi connectivity index (χ0v) is 18.5. The molecule has 2 N–H and O–H groups in total. The van der Waals surface area contributed by atoms with Gasteiger partial charge in [0.05, 0.1) is 4.92 Å². The molecular formula is C24H23ClN4O4. The number of nitro benzene ring substituents is 1. The highest BCUT2D eigenvalue weighted by molar-refractivity contribution is 6.32. The molecule has 1 fully saturated rings. The van der Waals surface area contributed by atoms with Crippen LogP contribution in [-0.2, 0) is 4.79 Å². The molecular weight excluding hydrogens is 444 g/mol. The Balaban J connectivity index is 1.53. The van der Waals surface area contributed by atoms with Crippen molar-refractivity contribution in [2.45, 2.75) is 6.04 Å². The van der Waals surface area contributed by atoms with Crippen molar-refractivity contribution in [1.82, 2.24) is 4.90 Å². The van der Waals surface area contributed by atoms with E-state index in [-0.39, 0.29) is 22.4 Å². The number of nitrogens with one attached hydrogen (secondary N) is 1. The number of piperazine rings is 1. The van der Waals surface area contributed by atoms with Crippen LogP contribution in [-0.4, -0.2) is 47.0 Å². The largest absolute Gasteiger partial charge is 0.508 e. The summed E-state index contributed by atoms with van der Waals surface area (Å²) in [4.78, 5) is 28.3. The van der Waals surface area contributed by atoms with Crippen molar-refractivity contribution in [3.05, 3.63) is 93.5 Å². The van der Waals surface area contributed by atoms with E-state index in [2.05, 4.69) is 15.1 Å². The minimum atomic E-state index is -0.574. The second-order valence-corrected chi connectivity index (χ2v) is 8.17. The average Bonchev–Trinajstić information content (AvgIpc) is 2.82. The van der Waals surface area contributed by atoms with Crippen LogP contribution in [0.2, 0.25) is 5.02 Å². The number of carbonyl (C=O) groups is 1. The van der Waals surface area contributed by atoms with Crippen LogP contribution in [0.5, 0.6) is 5.75 Å². The quantitative estimate of drug-likeness (QED) is 0.411. The molecule has 9 heteroatoms. The Morgan fingerprint density at radius 2 is 1.67 bits per heavy atom. The van der Waals surface area contributed by atoms with Gasteiger partial charge in [-0.2, -0.15) is 0 Å². The predicted molar refractivity (Wildman–Crippen MR) is 128 cm³/mol. The number of hydrogen-bond acceptors (Lipinski definition) is 6. The zero-order valence-electron chi connectivity index (χ0n) is 17.7. The molecule has 1 aliphatic heterocycles. The molecule has 1 aliphatic rings. The van der Waals surface area contributed by atoms with E-state index in [9.17, 15) is 20.0 Å². The Bertz CT molecular complexity index is 1130. The van der Waals surface area contributed by atoms with Crippen molar-refractivity contribution in [3.8, 4) is 5.75 Å². The van der Waals surface area contributed by atoms with Gasteiger partial charge in [-0.1, -0.05) is 41.9 Å². The smallest absolute Gasteiger partial charge is 0.289 e. The lowest BCUT2D eigenvalue weighted by Crippen LogP contribution is -2.50. The Labute approximate surface area is 196 Å². The Morgan fingerprint density at radius 3 is 2.30 bits per heavy atom. The van der Waals surface area contributed by atoms with Gasteiger partial charge in [0.2, 0.25) is 5.91 Å². The highest BCUT2D eigenvalue weighted by Crippen LogP contribution is 2.30. The maximum Gasteiger partial charge on any atom is 0.289 e. The first kappa shape index (κ1) is 22.6. The molecule has 0 aromatic heterocycles. The van der Waals surface area contributed by atoms with Crippen LogP contribution in [0.4, 0.5) is 17.1 Å². The first-order chi connectivity index (χ1) is 15.9. The number of phenols is 1. The van der Waals surface area contributed by atoms with Gasteiger partial charge in [0, 0.05) is 43.6 Å². The number of benzene rings is 3. The lowest BCUT2D eigenvalue weighted by Gasteiger charge is -2.39. The van der Waals surface area contributed by atoms with Crippen LogP contribution in [0.1, 0.15) is 11.6 Å². The fraction of sp³-hybridized carbons (Fsp3) is 0.208. The molecule has 3 aromatic carbocycles. The number of phenolic OH excluding ortho intramolecular Hbond substituents is 1. The number of rotatable bonds is 6. The highest BCUT2D eigenvalue weighted by atomic mass is 35.5. The molecule has 0 spiro atoms. The van der Waals surface area contributed by atoms with Gasteiger partial charge in [-0.05, 0) is 42.0 Å². The number of nitrogens with zero attached hydrogens (tertiary/aromatic N) is 3. The number of amides is 1. The Hall–Kier alpha value is -3.62. The third kappa shape index (κ3) is 5.24. The molecule has 1 amide bonds. The van der Waals surface area contributed by atoms with Crippen molar-refractivity contribution in [1.29, 1.82) is 0 Å². The van der Waals surface area contributed by atoms with E-state index < -0.39 is 11.0 Å². The molecule has 1 atom stereocenters. The minimum absolute atomic E-state index is 0.0166. The normalized spacial score (nSPS) is 15.1. The molecule has 8 nitrogen and oxygen atoms in total. The van der Waals surface area contributed by atoms with Gasteiger partial charge in [0.1, 0.15) is 16.8 Å². The molecule has 0 bridgehead atoms. The number of halogens is 1. The molecule has 1 unspecified atom stereocenters. The monoisotopic (exact) mass is 466 g/mol. The third-order valence-corrected chi connectivity index (χ3v) is 5.99. The van der Waals surface area contributed by atoms with Gasteiger partial charge in [-0.3, -0.25) is 19.8 Å². The summed E-state index contributed by atoms with van der Waals surface area (Å²) in [5.41, 5.74) is 1.92. The third-order valence-electron chi connectivity index (χ3n) is 5.67. The fourth-order valence-corrected chi connectivity index (χ4v) is 4.19. The second kappa shape index (κ2) is 9.89. The summed E-state index contributed by atoms with van der Waals surface area (Å²) in [6.07, 6.45) is 0. The van der Waals surface area contributed by atoms with Gasteiger partial charge < -0.3 is 15.3 Å². The summed E-state index contributed by atoms with van der Waals surface area (Å²) >= 11 is 5.90. The van der Waals surface area contributed by atoms with Crippen LogP contribution in [0.25, 0.3) is 0 Å². The van der Waals surface area contributed by atoms with Gasteiger partial charge in [-0.25, -0.2) is 0 Å². The molecule has 1 heterocycles. The molecule has 1 saturated heterocycles. The van der Waals surface area contributed by atoms with Crippen molar-refractivity contribution >= 4 is 34.6 Å². The second-order valence-electron chi connectivity index (χ2n) is 7.77. The maximum atomic E-state index is 13.4. The van der Waals surface area contributed by atoms with Crippen LogP contribution >= 0.6 is 11.6 Å². The summed E-state index contributed by atoms with van der Waals surface area (Å²) in [5.74, 6) is -0.0449. The average molecular weight is 467 g/mol. The first-order valence-electron chi connectivity index (χ1n) is 10.5. The first-order valence-corrected chi connectivity index (χ1v) is 10.9. The summed E-state index contributed by atoms with van der Waals surface area (Å²) in [5, 5.41) is 23.6. The molecule has 0 radical (unpaired) electrons. The summed E-state index contributed by atoms with van der Waals surface area (Å²) in [6.45, 7) is 2.73. The summed E-state index contributed by atoms with van der Waals surface area (Å²) in [7, 11) is 0. The van der Waals surface area contributed by atoms with E-state index in [1.807, 2.05) is 42.5 Å². The van der Waals surface area contributed by atoms with Gasteiger partial charge in [0.15, 0.2) is 0 Å². The number of anilines is 2. The number of aromatic hydroxyl groups is 1. The standard InChI is InChI=1S/C24H23ClN4O4/c25-21-11-6-18(16-22(21)29(32)33)26-24(31)23(17-4-2-1-3-5-17)28-14-12-27(13-15-28)19-7-9-20(30)10-8-19/h1-11,16,23,30H,12-15H2,(H,26,31). The SMILES string of the molecule is O=C(Nc1ccc(Cl)c([N+](=O)[O-])c1)C(c1ccccc1)N1CCN(c2ccc(O)cc2)CC1. The van der Waals surface area contributed by atoms with Crippen molar-refractivity contribution in [2.75, 3.05) is 36.4 Å². The van der Waals surface area contributed by atoms with E-state index in [1.54, 1.807) is 18.2 Å². The topological polar surface area (TPSA) is 98.9 Å². The van der Waals surface area contributed by atoms with E-state index in [0.29, 0.717) is 31.9 Å². The molecule has 0 saturated carbocycles. The summed E-state index contributed by atoms with van der Waals surface area (Å²) in [6, 6.07) is 20.2. The van der Waals surface area contributed by atoms with Crippen LogP contribution in [0.15, 0.2) is 72.8 Å². The van der Waals surface area contributed by atoms with Gasteiger partial charge in [-0.15, -0.1) is 0 Å². The van der Waals surface area contributed by atoms with E-state index in [1.165, 1.54) is 12.1 Å². The molecule has 0 aliphatic carbocycles. The van der Waals surface area contributed by atoms with E-state index >= 15 is 0 Å². The van der Waals surface area contributed by atoms with Crippen LogP contribution in [0.3, 0.4) is 0 Å². The minimum Gasteiger partial charge on any atom is -0.508 e. The van der Waals surface area contributed by atoms with Crippen molar-refractivity contribution in [2.24, 2.45) is 0 Å². The van der Waals surface area contributed by atoms with Gasteiger partial charge >= 0.3 is 0 Å². The maximum absolute atomic E-state index is 13.4. The number of carbonyl (C=O) groups excluding carboxylic acids is 1. The molecule has 3 aromatic rings. The van der Waals surface area contributed by atoms with Crippen molar-refractivity contribution in [3.63, 3.8) is 0 Å². The molecule has 170 valence electrons.